The number of hydrogen-bond acceptors (Lipinski definition) is 3. The number of fused-ring (bicyclic) bond motifs is 3. The van der Waals surface area contributed by atoms with Crippen LogP contribution in [0.1, 0.15) is 0 Å². The largest absolute Gasteiger partial charge is 0.208 e. The quantitative estimate of drug-likeness (QED) is 0.194. The van der Waals surface area contributed by atoms with Crippen molar-refractivity contribution in [3.8, 4) is 56.4 Å². The molecule has 0 aliphatic heterocycles. The van der Waals surface area contributed by atoms with E-state index in [-0.39, 0.29) is 0 Å². The van der Waals surface area contributed by atoms with Gasteiger partial charge < -0.3 is 0 Å². The molecule has 0 unspecified atom stereocenters. The Kier molecular flexibility index (Phi) is 6.80. The molecule has 1 heterocycles. The summed E-state index contributed by atoms with van der Waals surface area (Å²) in [6, 6.07) is 61.9. The number of aromatic nitrogens is 3. The first-order valence-corrected chi connectivity index (χ1v) is 16.2. The van der Waals surface area contributed by atoms with E-state index in [0.29, 0.717) is 17.5 Å². The maximum absolute atomic E-state index is 5.01. The molecule has 0 bridgehead atoms. The maximum atomic E-state index is 5.01. The van der Waals surface area contributed by atoms with E-state index in [1.165, 1.54) is 43.8 Å². The Morgan fingerprint density at radius 3 is 1.00 bits per heavy atom. The molecule has 0 amide bonds. The molecular weight excluding hydrogens is 583 g/mol. The monoisotopic (exact) mass is 611 g/mol. The zero-order valence-electron chi connectivity index (χ0n) is 26.1. The average molecular weight is 612 g/mol. The molecule has 3 nitrogen and oxygen atoms in total. The summed E-state index contributed by atoms with van der Waals surface area (Å²) >= 11 is 0. The van der Waals surface area contributed by atoms with Crippen LogP contribution < -0.4 is 0 Å². The van der Waals surface area contributed by atoms with Gasteiger partial charge >= 0.3 is 0 Å². The van der Waals surface area contributed by atoms with E-state index in [2.05, 4.69) is 146 Å². The van der Waals surface area contributed by atoms with E-state index in [4.69, 9.17) is 15.0 Å². The first-order valence-electron chi connectivity index (χ1n) is 16.2. The first kappa shape index (κ1) is 27.8. The van der Waals surface area contributed by atoms with Crippen LogP contribution in [0.15, 0.2) is 176 Å². The maximum Gasteiger partial charge on any atom is 0.164 e. The molecule has 3 heteroatoms. The van der Waals surface area contributed by atoms with Crippen LogP contribution in [-0.4, -0.2) is 15.0 Å². The van der Waals surface area contributed by atoms with Crippen molar-refractivity contribution in [3.63, 3.8) is 0 Å². The van der Waals surface area contributed by atoms with E-state index in [1.54, 1.807) is 0 Å². The van der Waals surface area contributed by atoms with Crippen LogP contribution in [0.4, 0.5) is 0 Å². The van der Waals surface area contributed by atoms with Crippen LogP contribution in [0.2, 0.25) is 0 Å². The Hall–Kier alpha value is -6.45. The summed E-state index contributed by atoms with van der Waals surface area (Å²) in [7, 11) is 0. The minimum absolute atomic E-state index is 0.655. The summed E-state index contributed by atoms with van der Waals surface area (Å²) in [6.45, 7) is 0. The van der Waals surface area contributed by atoms with Gasteiger partial charge in [-0.1, -0.05) is 152 Å². The molecule has 0 saturated carbocycles. The van der Waals surface area contributed by atoms with E-state index in [1.807, 2.05) is 30.3 Å². The van der Waals surface area contributed by atoms with Gasteiger partial charge in [-0.2, -0.15) is 0 Å². The fraction of sp³-hybridized carbons (Fsp3) is 0. The minimum Gasteiger partial charge on any atom is -0.208 e. The van der Waals surface area contributed by atoms with Crippen molar-refractivity contribution in [2.24, 2.45) is 0 Å². The average Bonchev–Trinajstić information content (AvgIpc) is 3.17. The summed E-state index contributed by atoms with van der Waals surface area (Å²) in [6.07, 6.45) is 0. The molecule has 9 rings (SSSR count). The van der Waals surface area contributed by atoms with Crippen LogP contribution in [-0.2, 0) is 0 Å². The molecule has 0 aliphatic rings. The van der Waals surface area contributed by atoms with Gasteiger partial charge in [0.05, 0.1) is 0 Å². The van der Waals surface area contributed by atoms with Gasteiger partial charge in [-0.25, -0.2) is 15.0 Å². The summed E-state index contributed by atoms with van der Waals surface area (Å²) < 4.78 is 0. The Bertz CT molecular complexity index is 2610. The summed E-state index contributed by atoms with van der Waals surface area (Å²) in [5.41, 5.74) is 7.69. The number of hydrogen-bond donors (Lipinski definition) is 0. The molecule has 0 aliphatic carbocycles. The molecule has 0 atom stereocenters. The molecule has 1 aromatic heterocycles. The second kappa shape index (κ2) is 11.7. The van der Waals surface area contributed by atoms with Crippen molar-refractivity contribution in [1.82, 2.24) is 15.0 Å². The second-order valence-corrected chi connectivity index (χ2v) is 12.2. The van der Waals surface area contributed by atoms with Gasteiger partial charge in [-0.15, -0.1) is 0 Å². The first-order chi connectivity index (χ1) is 23.7. The zero-order chi connectivity index (χ0) is 31.9. The van der Waals surface area contributed by atoms with Crippen LogP contribution >= 0.6 is 0 Å². The number of nitrogens with zero attached hydrogens (tertiary/aromatic N) is 3. The summed E-state index contributed by atoms with van der Waals surface area (Å²) in [5, 5.41) is 7.16. The predicted molar refractivity (Wildman–Crippen MR) is 200 cm³/mol. The van der Waals surface area contributed by atoms with Crippen LogP contribution in [0, 0.1) is 0 Å². The summed E-state index contributed by atoms with van der Waals surface area (Å²) in [5.74, 6) is 1.97. The standard InChI is InChI=1S/C45H29N3/c1-2-10-34(11-3-1)43-46-44(41-24-19-31-9-5-7-13-36(31)28-41)48-45(47-43)42-25-23-39-27-38(21-22-40(39)29-42)33-16-14-32(15-17-33)37-20-18-30-8-4-6-12-35(30)26-37/h1-29H. The third-order valence-corrected chi connectivity index (χ3v) is 9.07. The third kappa shape index (κ3) is 5.28. The highest BCUT2D eigenvalue weighted by molar-refractivity contribution is 5.92. The molecule has 9 aromatic rings. The van der Waals surface area contributed by atoms with E-state index < -0.39 is 0 Å². The van der Waals surface area contributed by atoms with Crippen LogP contribution in [0.5, 0.6) is 0 Å². The molecule has 0 N–H and O–H groups in total. The van der Waals surface area contributed by atoms with Crippen molar-refractivity contribution in [2.45, 2.75) is 0 Å². The molecule has 224 valence electrons. The van der Waals surface area contributed by atoms with Gasteiger partial charge in [0.1, 0.15) is 0 Å². The minimum atomic E-state index is 0.655. The van der Waals surface area contributed by atoms with Crippen molar-refractivity contribution in [2.75, 3.05) is 0 Å². The topological polar surface area (TPSA) is 38.7 Å². The molecule has 0 fully saturated rings. The smallest absolute Gasteiger partial charge is 0.164 e. The number of benzene rings is 8. The molecule has 0 saturated heterocycles. The van der Waals surface area contributed by atoms with Crippen molar-refractivity contribution in [1.29, 1.82) is 0 Å². The van der Waals surface area contributed by atoms with E-state index in [9.17, 15) is 0 Å². The molecular formula is C45H29N3. The van der Waals surface area contributed by atoms with Gasteiger partial charge in [0.25, 0.3) is 0 Å². The van der Waals surface area contributed by atoms with Gasteiger partial charge in [-0.05, 0) is 78.8 Å². The lowest BCUT2D eigenvalue weighted by Gasteiger charge is -2.10. The van der Waals surface area contributed by atoms with Gasteiger partial charge in [0.2, 0.25) is 0 Å². The molecule has 0 spiro atoms. The lowest BCUT2D eigenvalue weighted by Crippen LogP contribution is -2.00. The van der Waals surface area contributed by atoms with Crippen molar-refractivity contribution in [3.05, 3.63) is 176 Å². The van der Waals surface area contributed by atoms with Crippen molar-refractivity contribution >= 4 is 32.3 Å². The Balaban J connectivity index is 1.06. The third-order valence-electron chi connectivity index (χ3n) is 9.07. The lowest BCUT2D eigenvalue weighted by atomic mass is 9.96. The Labute approximate surface area is 278 Å². The fourth-order valence-corrected chi connectivity index (χ4v) is 6.47. The van der Waals surface area contributed by atoms with E-state index >= 15 is 0 Å². The Morgan fingerprint density at radius 2 is 0.521 bits per heavy atom. The zero-order valence-corrected chi connectivity index (χ0v) is 26.1. The lowest BCUT2D eigenvalue weighted by molar-refractivity contribution is 1.08. The van der Waals surface area contributed by atoms with Gasteiger partial charge in [0, 0.05) is 16.7 Å². The highest BCUT2D eigenvalue weighted by Gasteiger charge is 2.13. The second-order valence-electron chi connectivity index (χ2n) is 12.2. The molecule has 8 aromatic carbocycles. The van der Waals surface area contributed by atoms with Gasteiger partial charge in [0.15, 0.2) is 17.5 Å². The fourth-order valence-electron chi connectivity index (χ4n) is 6.47. The molecule has 0 radical (unpaired) electrons. The highest BCUT2D eigenvalue weighted by atomic mass is 15.0. The van der Waals surface area contributed by atoms with Crippen LogP contribution in [0.3, 0.4) is 0 Å². The van der Waals surface area contributed by atoms with Crippen molar-refractivity contribution < 1.29 is 0 Å². The normalized spacial score (nSPS) is 11.3. The van der Waals surface area contributed by atoms with E-state index in [0.717, 1.165) is 27.5 Å². The van der Waals surface area contributed by atoms with Crippen LogP contribution in [0.25, 0.3) is 88.7 Å². The Morgan fingerprint density at radius 1 is 0.208 bits per heavy atom. The van der Waals surface area contributed by atoms with Gasteiger partial charge in [-0.3, -0.25) is 0 Å². The predicted octanol–water partition coefficient (Wildman–Crippen LogP) is 11.7. The summed E-state index contributed by atoms with van der Waals surface area (Å²) in [4.78, 5) is 14.9. The highest BCUT2D eigenvalue weighted by Crippen LogP contribution is 2.32. The SMILES string of the molecule is c1ccc(-c2nc(-c3ccc4ccccc4c3)nc(-c3ccc4cc(-c5ccc(-c6ccc7ccccc7c6)cc5)ccc4c3)n2)cc1. The molecule has 48 heavy (non-hydrogen) atoms. The number of rotatable bonds is 5.